The lowest BCUT2D eigenvalue weighted by Crippen LogP contribution is -2.37. The highest BCUT2D eigenvalue weighted by Crippen LogP contribution is 2.18. The predicted molar refractivity (Wildman–Crippen MR) is 109 cm³/mol. The van der Waals surface area contributed by atoms with E-state index in [1.807, 2.05) is 0 Å². The lowest BCUT2D eigenvalue weighted by molar-refractivity contribution is -0.122. The standard InChI is InChI=1S/C19H23F2N7O2/c1-4-16(21)15(13(3)20)8-23-17-5-6-22-19(27-17)26-14-7-24-28(9-14)10-18(30)25-12(2)11-29/h4-7,9,12,29H,1,3,8,10-11H2,2H3,(H,25,30)(H2,22,23,26,27)/b16-15+/t12-/m1/s1. The van der Waals surface area contributed by atoms with Crippen molar-refractivity contribution in [2.24, 2.45) is 0 Å². The number of hydrogen-bond acceptors (Lipinski definition) is 7. The topological polar surface area (TPSA) is 117 Å². The lowest BCUT2D eigenvalue weighted by atomic mass is 10.2. The van der Waals surface area contributed by atoms with Gasteiger partial charge in [0, 0.05) is 30.6 Å². The second kappa shape index (κ2) is 10.8. The van der Waals surface area contributed by atoms with Gasteiger partial charge >= 0.3 is 0 Å². The number of aromatic nitrogens is 4. The number of rotatable bonds is 11. The van der Waals surface area contributed by atoms with Crippen LogP contribution in [0.25, 0.3) is 0 Å². The maximum absolute atomic E-state index is 13.6. The molecule has 1 atom stereocenters. The second-order valence-corrected chi connectivity index (χ2v) is 6.26. The molecule has 11 heteroatoms. The maximum Gasteiger partial charge on any atom is 0.242 e. The molecule has 2 rings (SSSR count). The molecular weight excluding hydrogens is 396 g/mol. The largest absolute Gasteiger partial charge is 0.394 e. The van der Waals surface area contributed by atoms with Crippen LogP contribution in [0, 0.1) is 0 Å². The summed E-state index contributed by atoms with van der Waals surface area (Å²) in [7, 11) is 0. The smallest absolute Gasteiger partial charge is 0.242 e. The van der Waals surface area contributed by atoms with Crippen molar-refractivity contribution < 1.29 is 18.7 Å². The van der Waals surface area contributed by atoms with Crippen LogP contribution in [0.15, 0.2) is 61.1 Å². The Bertz CT molecular complexity index is 942. The summed E-state index contributed by atoms with van der Waals surface area (Å²) in [5.74, 6) is -1.47. The van der Waals surface area contributed by atoms with E-state index in [-0.39, 0.29) is 43.2 Å². The first-order chi connectivity index (χ1) is 14.3. The van der Waals surface area contributed by atoms with Crippen LogP contribution in [-0.2, 0) is 11.3 Å². The Morgan fingerprint density at radius 1 is 1.43 bits per heavy atom. The van der Waals surface area contributed by atoms with E-state index in [1.54, 1.807) is 13.1 Å². The van der Waals surface area contributed by atoms with Crippen molar-refractivity contribution in [2.45, 2.75) is 19.5 Å². The van der Waals surface area contributed by atoms with Gasteiger partial charge in [-0.25, -0.2) is 13.8 Å². The van der Waals surface area contributed by atoms with Crippen molar-refractivity contribution in [1.82, 2.24) is 25.1 Å². The number of nitrogens with one attached hydrogen (secondary N) is 3. The van der Waals surface area contributed by atoms with Crippen LogP contribution in [0.3, 0.4) is 0 Å². The number of anilines is 3. The second-order valence-electron chi connectivity index (χ2n) is 6.26. The number of nitrogens with zero attached hydrogens (tertiary/aromatic N) is 4. The highest BCUT2D eigenvalue weighted by atomic mass is 19.1. The molecular formula is C19H23F2N7O2. The molecule has 0 saturated heterocycles. The van der Waals surface area contributed by atoms with Crippen LogP contribution in [-0.4, -0.2) is 50.0 Å². The summed E-state index contributed by atoms with van der Waals surface area (Å²) in [6, 6.07) is 1.19. The van der Waals surface area contributed by atoms with Crippen molar-refractivity contribution >= 4 is 23.4 Å². The molecule has 2 heterocycles. The fourth-order valence-electron chi connectivity index (χ4n) is 2.29. The van der Waals surface area contributed by atoms with E-state index in [4.69, 9.17) is 5.11 Å². The molecule has 160 valence electrons. The number of hydrogen-bond donors (Lipinski definition) is 4. The van der Waals surface area contributed by atoms with Gasteiger partial charge in [-0.15, -0.1) is 0 Å². The summed E-state index contributed by atoms with van der Waals surface area (Å²) < 4.78 is 28.4. The number of aliphatic hydroxyl groups is 1. The maximum atomic E-state index is 13.6. The number of amides is 1. The SMILES string of the molecule is C=C/C(F)=C(/CNc1ccnc(Nc2cnn(CC(=O)N[C@H](C)CO)c2)n1)C(=C)F. The molecule has 0 spiro atoms. The van der Waals surface area contributed by atoms with Gasteiger partial charge < -0.3 is 21.1 Å². The molecule has 0 aromatic carbocycles. The zero-order valence-electron chi connectivity index (χ0n) is 16.4. The quantitative estimate of drug-likeness (QED) is 0.413. The third-order valence-corrected chi connectivity index (χ3v) is 3.77. The Labute approximate surface area is 172 Å². The third kappa shape index (κ3) is 6.78. The minimum Gasteiger partial charge on any atom is -0.394 e. The molecule has 0 fully saturated rings. The molecule has 0 aliphatic heterocycles. The first kappa shape index (κ1) is 22.7. The average molecular weight is 419 g/mol. The summed E-state index contributed by atoms with van der Waals surface area (Å²) >= 11 is 0. The van der Waals surface area contributed by atoms with Crippen molar-refractivity contribution in [2.75, 3.05) is 23.8 Å². The summed E-state index contributed by atoms with van der Waals surface area (Å²) in [5, 5.41) is 21.4. The number of carbonyl (C=O) groups excluding carboxylic acids is 1. The van der Waals surface area contributed by atoms with Gasteiger partial charge in [-0.2, -0.15) is 10.1 Å². The van der Waals surface area contributed by atoms with Crippen LogP contribution in [0.2, 0.25) is 0 Å². The van der Waals surface area contributed by atoms with E-state index in [9.17, 15) is 13.6 Å². The number of aliphatic hydroxyl groups excluding tert-OH is 1. The molecule has 2 aromatic rings. The van der Waals surface area contributed by atoms with Crippen LogP contribution >= 0.6 is 0 Å². The van der Waals surface area contributed by atoms with Gasteiger partial charge in [0.15, 0.2) is 0 Å². The molecule has 1 amide bonds. The lowest BCUT2D eigenvalue weighted by Gasteiger charge is -2.10. The van der Waals surface area contributed by atoms with E-state index in [1.165, 1.54) is 23.1 Å². The summed E-state index contributed by atoms with van der Waals surface area (Å²) in [4.78, 5) is 20.1. The van der Waals surface area contributed by atoms with Crippen molar-refractivity contribution in [1.29, 1.82) is 0 Å². The Morgan fingerprint density at radius 3 is 2.87 bits per heavy atom. The minimum atomic E-state index is -0.905. The van der Waals surface area contributed by atoms with Crippen molar-refractivity contribution in [3.8, 4) is 0 Å². The van der Waals surface area contributed by atoms with Crippen LogP contribution < -0.4 is 16.0 Å². The Morgan fingerprint density at radius 2 is 2.20 bits per heavy atom. The number of halogens is 2. The van der Waals surface area contributed by atoms with E-state index < -0.39 is 11.7 Å². The van der Waals surface area contributed by atoms with Crippen LogP contribution in [0.4, 0.5) is 26.2 Å². The Hall–Kier alpha value is -3.60. The van der Waals surface area contributed by atoms with Crippen molar-refractivity contribution in [3.63, 3.8) is 0 Å². The van der Waals surface area contributed by atoms with Crippen LogP contribution in [0.1, 0.15) is 6.92 Å². The van der Waals surface area contributed by atoms with Gasteiger partial charge in [-0.3, -0.25) is 9.48 Å². The zero-order valence-corrected chi connectivity index (χ0v) is 16.4. The molecule has 0 radical (unpaired) electrons. The molecule has 0 saturated carbocycles. The normalized spacial score (nSPS) is 12.5. The first-order valence-electron chi connectivity index (χ1n) is 8.94. The Kier molecular flexibility index (Phi) is 8.18. The fourth-order valence-corrected chi connectivity index (χ4v) is 2.29. The van der Waals surface area contributed by atoms with E-state index in [0.29, 0.717) is 11.5 Å². The van der Waals surface area contributed by atoms with Gasteiger partial charge in [0.2, 0.25) is 11.9 Å². The highest BCUT2D eigenvalue weighted by molar-refractivity contribution is 5.76. The first-order valence-corrected chi connectivity index (χ1v) is 8.94. The zero-order chi connectivity index (χ0) is 22.1. The van der Waals surface area contributed by atoms with Gasteiger partial charge in [0.25, 0.3) is 0 Å². The molecule has 2 aromatic heterocycles. The monoisotopic (exact) mass is 419 g/mol. The van der Waals surface area contributed by atoms with E-state index in [2.05, 4.69) is 44.2 Å². The van der Waals surface area contributed by atoms with Crippen LogP contribution in [0.5, 0.6) is 0 Å². The Balaban J connectivity index is 1.99. The minimum absolute atomic E-state index is 0.0223. The molecule has 4 N–H and O–H groups in total. The molecule has 0 aliphatic rings. The molecule has 9 nitrogen and oxygen atoms in total. The number of allylic oxidation sites excluding steroid dienone is 2. The summed E-state index contributed by atoms with van der Waals surface area (Å²) in [6.45, 7) is 7.70. The average Bonchev–Trinajstić information content (AvgIpc) is 3.14. The van der Waals surface area contributed by atoms with Gasteiger partial charge in [-0.05, 0) is 19.1 Å². The van der Waals surface area contributed by atoms with Crippen molar-refractivity contribution in [3.05, 3.63) is 61.1 Å². The highest BCUT2D eigenvalue weighted by Gasteiger charge is 2.10. The summed E-state index contributed by atoms with van der Waals surface area (Å²) in [5.41, 5.74) is 0.277. The van der Waals surface area contributed by atoms with Gasteiger partial charge in [0.1, 0.15) is 24.0 Å². The van der Waals surface area contributed by atoms with E-state index >= 15 is 0 Å². The fraction of sp³-hybridized carbons (Fsp3) is 0.263. The van der Waals surface area contributed by atoms with Gasteiger partial charge in [0.05, 0.1) is 18.5 Å². The molecule has 30 heavy (non-hydrogen) atoms. The predicted octanol–water partition coefficient (Wildman–Crippen LogP) is 2.22. The third-order valence-electron chi connectivity index (χ3n) is 3.77. The van der Waals surface area contributed by atoms with Gasteiger partial charge in [-0.1, -0.05) is 13.2 Å². The molecule has 0 bridgehead atoms. The summed E-state index contributed by atoms with van der Waals surface area (Å²) in [6.07, 6.45) is 5.43. The molecule has 0 aliphatic carbocycles. The van der Waals surface area contributed by atoms with E-state index in [0.717, 1.165) is 6.08 Å². The number of carbonyl (C=O) groups is 1. The molecule has 0 unspecified atom stereocenters.